The number of hydrogen-bond donors (Lipinski definition) is 0. The van der Waals surface area contributed by atoms with Gasteiger partial charge < -0.3 is 24.8 Å². The molecule has 72 valence electrons. The first kappa shape index (κ1) is 20.7. The molecule has 1 aromatic rings. The summed E-state index contributed by atoms with van der Waals surface area (Å²) in [6.45, 7) is 0.399. The molecule has 0 heterocycles. The van der Waals surface area contributed by atoms with Gasteiger partial charge in [0.05, 0.1) is 6.54 Å². The predicted octanol–water partition coefficient (Wildman–Crippen LogP) is -3.54. The Morgan fingerprint density at radius 3 is 2.25 bits per heavy atom. The third kappa shape index (κ3) is 7.74. The summed E-state index contributed by atoms with van der Waals surface area (Å²) in [4.78, 5) is 1.27. The van der Waals surface area contributed by atoms with E-state index in [0.717, 1.165) is 5.56 Å². The topological polar surface area (TPSA) is 27.0 Å². The van der Waals surface area contributed by atoms with Crippen molar-refractivity contribution in [2.24, 2.45) is 0 Å². The SMILES string of the molecule is N#CN(Cc1ccc(Cl)cc1)C(=S)[S-].[K+].[K+]. The minimum atomic E-state index is 0. The van der Waals surface area contributed by atoms with Crippen molar-refractivity contribution in [3.05, 3.63) is 34.9 Å². The Kier molecular flexibility index (Phi) is 14.5. The summed E-state index contributed by atoms with van der Waals surface area (Å²) in [6, 6.07) is 7.19. The molecule has 0 saturated heterocycles. The van der Waals surface area contributed by atoms with Crippen LogP contribution in [0.15, 0.2) is 24.3 Å². The Morgan fingerprint density at radius 2 is 1.88 bits per heavy atom. The second kappa shape index (κ2) is 11.2. The quantitative estimate of drug-likeness (QED) is 0.186. The van der Waals surface area contributed by atoms with E-state index in [9.17, 15) is 0 Å². The molecular formula is C9H6ClK2N2S2+. The molecule has 2 nitrogen and oxygen atoms in total. The fourth-order valence-electron chi connectivity index (χ4n) is 0.913. The first-order valence-corrected chi connectivity index (χ1v) is 4.95. The van der Waals surface area contributed by atoms with Crippen LogP contribution < -0.4 is 103 Å². The molecule has 16 heavy (non-hydrogen) atoms. The molecule has 0 unspecified atom stereocenters. The Balaban J connectivity index is 0. The van der Waals surface area contributed by atoms with Crippen molar-refractivity contribution >= 4 is 40.8 Å². The monoisotopic (exact) mass is 319 g/mol. The zero-order valence-corrected chi connectivity index (χ0v) is 17.7. The molecule has 0 spiro atoms. The van der Waals surface area contributed by atoms with Crippen LogP contribution in [0.25, 0.3) is 0 Å². The van der Waals surface area contributed by atoms with Gasteiger partial charge in [-0.1, -0.05) is 23.7 Å². The van der Waals surface area contributed by atoms with Crippen LogP contribution in [0, 0.1) is 11.5 Å². The molecule has 1 rings (SSSR count). The molecule has 0 atom stereocenters. The summed E-state index contributed by atoms with van der Waals surface area (Å²) >= 11 is 15.2. The van der Waals surface area contributed by atoms with Gasteiger partial charge in [-0.2, -0.15) is 5.26 Å². The fraction of sp³-hybridized carbons (Fsp3) is 0.111. The van der Waals surface area contributed by atoms with Crippen LogP contribution in [0.4, 0.5) is 0 Å². The second-order valence-electron chi connectivity index (χ2n) is 2.58. The van der Waals surface area contributed by atoms with Crippen molar-refractivity contribution in [1.29, 1.82) is 5.26 Å². The number of nitrogens with zero attached hydrogens (tertiary/aromatic N) is 2. The Hall–Kier alpha value is 2.38. The summed E-state index contributed by atoms with van der Waals surface area (Å²) in [6.07, 6.45) is 1.92. The van der Waals surface area contributed by atoms with Gasteiger partial charge in [0.1, 0.15) is 0 Å². The van der Waals surface area contributed by atoms with Crippen molar-refractivity contribution in [1.82, 2.24) is 4.90 Å². The van der Waals surface area contributed by atoms with Crippen LogP contribution in [0.3, 0.4) is 0 Å². The third-order valence-corrected chi connectivity index (χ3v) is 2.29. The first-order chi connectivity index (χ1) is 6.63. The summed E-state index contributed by atoms with van der Waals surface area (Å²) in [5.74, 6) is 0. The van der Waals surface area contributed by atoms with Crippen LogP contribution >= 0.6 is 23.8 Å². The number of rotatable bonds is 2. The molecule has 7 heteroatoms. The molecular weight excluding hydrogens is 314 g/mol. The number of thiocarbonyl (C=S) groups is 1. The van der Waals surface area contributed by atoms with Crippen molar-refractivity contribution < 1.29 is 103 Å². The number of benzene rings is 1. The average molecular weight is 320 g/mol. The molecule has 0 bridgehead atoms. The van der Waals surface area contributed by atoms with E-state index >= 15 is 0 Å². The van der Waals surface area contributed by atoms with E-state index in [1.54, 1.807) is 12.1 Å². The van der Waals surface area contributed by atoms with Gasteiger partial charge in [0.15, 0.2) is 6.19 Å². The van der Waals surface area contributed by atoms with Crippen molar-refractivity contribution in [3.8, 4) is 6.19 Å². The van der Waals surface area contributed by atoms with Gasteiger partial charge in [-0.25, -0.2) is 0 Å². The normalized spacial score (nSPS) is 8.00. The largest absolute Gasteiger partial charge is 1.00 e. The molecule has 0 N–H and O–H groups in total. The minimum absolute atomic E-state index is 0. The number of hydrogen-bond acceptors (Lipinski definition) is 3. The van der Waals surface area contributed by atoms with Gasteiger partial charge in [-0.15, -0.1) is 0 Å². The van der Waals surface area contributed by atoms with Crippen LogP contribution in [-0.2, 0) is 19.2 Å². The van der Waals surface area contributed by atoms with E-state index in [0.29, 0.717) is 11.6 Å². The zero-order chi connectivity index (χ0) is 10.6. The Morgan fingerprint density at radius 1 is 1.38 bits per heavy atom. The van der Waals surface area contributed by atoms with Gasteiger partial charge in [-0.3, -0.25) is 4.90 Å². The Labute approximate surface area is 196 Å². The standard InChI is InChI=1S/C9H7ClN2S2.2K/c10-8-3-1-7(2-4-8)5-12(6-11)9(13)14;;/h1-4H,5H2,(H,13,14);;/q;2*+1/p-1. The molecule has 0 saturated carbocycles. The smallest absolute Gasteiger partial charge is 0.410 e. The fourth-order valence-corrected chi connectivity index (χ4v) is 1.25. The average Bonchev–Trinajstić information content (AvgIpc) is 2.16. The predicted molar refractivity (Wildman–Crippen MR) is 62.6 cm³/mol. The summed E-state index contributed by atoms with van der Waals surface area (Å²) in [5, 5.41) is 9.37. The van der Waals surface area contributed by atoms with Crippen LogP contribution in [-0.4, -0.2) is 9.22 Å². The molecule has 0 aromatic heterocycles. The van der Waals surface area contributed by atoms with Crippen LogP contribution in [0.2, 0.25) is 5.02 Å². The molecule has 0 radical (unpaired) electrons. The van der Waals surface area contributed by atoms with Gasteiger partial charge >= 0.3 is 103 Å². The van der Waals surface area contributed by atoms with E-state index in [1.807, 2.05) is 18.3 Å². The van der Waals surface area contributed by atoms with E-state index in [4.69, 9.17) is 41.7 Å². The maximum Gasteiger partial charge on any atom is 1.00 e. The molecule has 0 aliphatic rings. The van der Waals surface area contributed by atoms with Crippen molar-refractivity contribution in [2.45, 2.75) is 6.54 Å². The first-order valence-electron chi connectivity index (χ1n) is 3.76. The Bertz CT molecular complexity index is 378. The van der Waals surface area contributed by atoms with Crippen LogP contribution in [0.1, 0.15) is 5.56 Å². The molecule has 0 fully saturated rings. The van der Waals surface area contributed by atoms with E-state index < -0.39 is 0 Å². The summed E-state index contributed by atoms with van der Waals surface area (Å²) in [5.41, 5.74) is 0.947. The number of halogens is 1. The maximum atomic E-state index is 8.71. The third-order valence-electron chi connectivity index (χ3n) is 1.60. The van der Waals surface area contributed by atoms with Gasteiger partial charge in [0, 0.05) is 5.02 Å². The van der Waals surface area contributed by atoms with Gasteiger partial charge in [0.25, 0.3) is 0 Å². The number of nitriles is 1. The van der Waals surface area contributed by atoms with Crippen molar-refractivity contribution in [2.75, 3.05) is 0 Å². The van der Waals surface area contributed by atoms with E-state index in [2.05, 4.69) is 0 Å². The van der Waals surface area contributed by atoms with Crippen LogP contribution in [0.5, 0.6) is 0 Å². The summed E-state index contributed by atoms with van der Waals surface area (Å²) < 4.78 is 0.155. The summed E-state index contributed by atoms with van der Waals surface area (Å²) in [7, 11) is 0. The second-order valence-corrected chi connectivity index (χ2v) is 4.05. The van der Waals surface area contributed by atoms with E-state index in [-0.39, 0.29) is 107 Å². The zero-order valence-electron chi connectivity index (χ0n) is 9.11. The molecule has 1 aromatic carbocycles. The van der Waals surface area contributed by atoms with Gasteiger partial charge in [0.2, 0.25) is 0 Å². The van der Waals surface area contributed by atoms with E-state index in [1.165, 1.54) is 4.90 Å². The minimum Gasteiger partial charge on any atom is -0.410 e. The molecule has 0 amide bonds. The maximum absolute atomic E-state index is 8.71. The van der Waals surface area contributed by atoms with Gasteiger partial charge in [-0.05, 0) is 22.0 Å². The van der Waals surface area contributed by atoms with Crippen molar-refractivity contribution in [3.63, 3.8) is 0 Å². The molecule has 0 aliphatic carbocycles. The molecule has 0 aliphatic heterocycles.